The van der Waals surface area contributed by atoms with Crippen LogP contribution in [0.25, 0.3) is 0 Å². The first-order valence-electron chi connectivity index (χ1n) is 0.338. The summed E-state index contributed by atoms with van der Waals surface area (Å²) in [5.74, 6) is 0. The fourth-order valence-electron chi connectivity index (χ4n) is 0. The second-order valence-corrected chi connectivity index (χ2v) is 11.9. The van der Waals surface area contributed by atoms with Crippen molar-refractivity contribution >= 4 is 40.0 Å². The Kier molecular flexibility index (Phi) is 24.0. The van der Waals surface area contributed by atoms with Crippen LogP contribution in [0, 0.1) is 31.1 Å². The molecule has 0 rings (SSSR count). The van der Waals surface area contributed by atoms with Gasteiger partial charge in [0.05, 0.1) is 0 Å². The monoisotopic (exact) mass is 543 g/mol. The first kappa shape index (κ1) is 10.2. The molecule has 0 aliphatic heterocycles. The number of hydrogen-bond acceptors (Lipinski definition) is 0. The van der Waals surface area contributed by atoms with E-state index in [0.29, 0.717) is 9.47 Å². The van der Waals surface area contributed by atoms with Gasteiger partial charge < -0.3 is 0 Å². The van der Waals surface area contributed by atoms with Crippen LogP contribution in [0.1, 0.15) is 0 Å². The van der Waals surface area contributed by atoms with Crippen LogP contribution in [0.5, 0.6) is 0 Å². The molecule has 23 valence electrons. The average molecular weight is 543 g/mol. The molecule has 0 amide bonds. The first-order valence-corrected chi connectivity index (χ1v) is 9.35. The molecular formula is I2UV. The molecule has 0 N–H and O–H groups in total. The third kappa shape index (κ3) is 8.92. The molecule has 4 heteroatoms. The molecule has 0 spiro atoms. The van der Waals surface area contributed by atoms with Gasteiger partial charge in [0, 0.05) is 31.1 Å². The van der Waals surface area contributed by atoms with Crippen molar-refractivity contribution in [3.8, 4) is 0 Å². The molecule has 0 bridgehead atoms. The summed E-state index contributed by atoms with van der Waals surface area (Å²) in [6, 6.07) is 0. The van der Waals surface area contributed by atoms with Crippen LogP contribution in [0.15, 0.2) is 0 Å². The van der Waals surface area contributed by atoms with E-state index in [1.165, 1.54) is 0 Å². The molecule has 4 heavy (non-hydrogen) atoms. The second kappa shape index (κ2) is 9.44. The quantitative estimate of drug-likeness (QED) is 0.410. The van der Waals surface area contributed by atoms with Crippen LogP contribution in [0.2, 0.25) is 0 Å². The van der Waals surface area contributed by atoms with Gasteiger partial charge >= 0.3 is 49.4 Å². The number of hydrogen-bond donors (Lipinski definition) is 0. The molecular weight excluding hydrogens is 543 g/mol. The summed E-state index contributed by atoms with van der Waals surface area (Å²) >= 11 is 4.74. The molecule has 0 aliphatic rings. The normalized spacial score (nSPS) is 3.50. The van der Waals surface area contributed by atoms with Crippen LogP contribution in [-0.2, 0) is 9.47 Å². The molecule has 0 aromatic carbocycles. The van der Waals surface area contributed by atoms with Gasteiger partial charge in [-0.05, 0) is 0 Å². The van der Waals surface area contributed by atoms with E-state index in [9.17, 15) is 0 Å². The molecule has 0 heterocycles. The SMILES string of the molecule is [I][V][I].[U]. The van der Waals surface area contributed by atoms with Crippen LogP contribution in [-0.4, -0.2) is 0 Å². The van der Waals surface area contributed by atoms with Crippen molar-refractivity contribution in [1.82, 2.24) is 0 Å². The summed E-state index contributed by atoms with van der Waals surface area (Å²) < 4.78 is 0. The van der Waals surface area contributed by atoms with Gasteiger partial charge in [-0.1, -0.05) is 0 Å². The fourth-order valence-corrected chi connectivity index (χ4v) is 0. The Morgan fingerprint density at radius 1 is 1.25 bits per heavy atom. The van der Waals surface area contributed by atoms with Crippen LogP contribution >= 0.6 is 40.0 Å². The minimum Gasteiger partial charge on any atom is 0 e. The minimum absolute atomic E-state index is 0. The zero-order chi connectivity index (χ0) is 2.71. The van der Waals surface area contributed by atoms with Crippen molar-refractivity contribution in [2.24, 2.45) is 0 Å². The summed E-state index contributed by atoms with van der Waals surface area (Å²) in [7, 11) is 0.628. The van der Waals surface area contributed by atoms with Crippen molar-refractivity contribution in [2.45, 2.75) is 0 Å². The van der Waals surface area contributed by atoms with Gasteiger partial charge in [-0.25, -0.2) is 0 Å². The van der Waals surface area contributed by atoms with Crippen LogP contribution in [0.4, 0.5) is 0 Å². The Labute approximate surface area is 78.5 Å². The smallest absolute Gasteiger partial charge is 0 e. The zero-order valence-corrected chi connectivity index (χ0v) is 11.6. The van der Waals surface area contributed by atoms with E-state index in [-0.39, 0.29) is 31.1 Å². The first-order chi connectivity index (χ1) is 1.41. The van der Waals surface area contributed by atoms with Gasteiger partial charge in [0.2, 0.25) is 0 Å². The summed E-state index contributed by atoms with van der Waals surface area (Å²) in [6.45, 7) is 0. The van der Waals surface area contributed by atoms with Gasteiger partial charge in [-0.2, -0.15) is 0 Å². The van der Waals surface area contributed by atoms with E-state index < -0.39 is 0 Å². The Bertz CT molecular complexity index is 6.00. The van der Waals surface area contributed by atoms with Crippen molar-refractivity contribution < 1.29 is 40.6 Å². The Morgan fingerprint density at radius 3 is 1.25 bits per heavy atom. The van der Waals surface area contributed by atoms with Gasteiger partial charge in [-0.3, -0.25) is 0 Å². The van der Waals surface area contributed by atoms with E-state index in [2.05, 4.69) is 40.0 Å². The molecule has 0 unspecified atom stereocenters. The summed E-state index contributed by atoms with van der Waals surface area (Å²) in [4.78, 5) is 0. The number of halogens is 2. The molecule has 0 atom stereocenters. The van der Waals surface area contributed by atoms with Gasteiger partial charge in [0.1, 0.15) is 0 Å². The van der Waals surface area contributed by atoms with Crippen molar-refractivity contribution in [1.29, 1.82) is 0 Å². The largest absolute Gasteiger partial charge is 0 e. The van der Waals surface area contributed by atoms with Crippen LogP contribution < -0.4 is 0 Å². The third-order valence-electron chi connectivity index (χ3n) is 0. The van der Waals surface area contributed by atoms with Crippen molar-refractivity contribution in [3.05, 3.63) is 0 Å². The second-order valence-electron chi connectivity index (χ2n) is 0.0639. The summed E-state index contributed by atoms with van der Waals surface area (Å²) in [5, 5.41) is 0. The maximum absolute atomic E-state index is 2.37. The van der Waals surface area contributed by atoms with E-state index in [0.717, 1.165) is 0 Å². The molecule has 0 aromatic heterocycles. The van der Waals surface area contributed by atoms with E-state index in [1.807, 2.05) is 0 Å². The topological polar surface area (TPSA) is 0 Å². The zero-order valence-electron chi connectivity index (χ0n) is 1.70. The molecule has 0 nitrogen and oxygen atoms in total. The van der Waals surface area contributed by atoms with E-state index in [1.54, 1.807) is 0 Å². The summed E-state index contributed by atoms with van der Waals surface area (Å²) in [6.07, 6.45) is 0. The molecule has 0 saturated carbocycles. The third-order valence-corrected chi connectivity index (χ3v) is 0. The standard InChI is InChI=1S/2HI.U.V/h2*1H;;/q;;;+2/p-2. The molecule has 0 saturated heterocycles. The average Bonchev–Trinajstić information content (AvgIpc) is 0.918. The van der Waals surface area contributed by atoms with Gasteiger partial charge in [0.25, 0.3) is 0 Å². The van der Waals surface area contributed by atoms with Crippen molar-refractivity contribution in [3.63, 3.8) is 0 Å². The Morgan fingerprint density at radius 2 is 1.25 bits per heavy atom. The predicted octanol–water partition coefficient (Wildman–Crippen LogP) is 1.77. The molecule has 0 aliphatic carbocycles. The molecule has 0 fully saturated rings. The van der Waals surface area contributed by atoms with E-state index >= 15 is 0 Å². The minimum atomic E-state index is 0. The van der Waals surface area contributed by atoms with Crippen LogP contribution in [0.3, 0.4) is 0 Å². The maximum atomic E-state index is 2.37. The Hall–Kier alpha value is 3.10. The van der Waals surface area contributed by atoms with E-state index in [4.69, 9.17) is 0 Å². The fraction of sp³-hybridized carbons (Fsp3) is 0. The Balaban J connectivity index is 0. The maximum Gasteiger partial charge on any atom is 0 e. The van der Waals surface area contributed by atoms with Gasteiger partial charge in [-0.15, -0.1) is 0 Å². The molecule has 0 radical (unpaired) electrons. The van der Waals surface area contributed by atoms with Gasteiger partial charge in [0.15, 0.2) is 0 Å². The predicted molar refractivity (Wildman–Crippen MR) is 28.0 cm³/mol. The summed E-state index contributed by atoms with van der Waals surface area (Å²) in [5.41, 5.74) is 0. The molecule has 0 aromatic rings. The number of rotatable bonds is 0. The van der Waals surface area contributed by atoms with Crippen molar-refractivity contribution in [2.75, 3.05) is 0 Å².